The van der Waals surface area contributed by atoms with Crippen LogP contribution in [0.15, 0.2) is 22.7 Å². The van der Waals surface area contributed by atoms with Crippen LogP contribution >= 0.6 is 15.9 Å². The minimum atomic E-state index is -0.199. The molecule has 2 atom stereocenters. The average Bonchev–Trinajstić information content (AvgIpc) is 2.36. The zero-order valence-corrected chi connectivity index (χ0v) is 13.1. The second-order valence-corrected chi connectivity index (χ2v) is 5.68. The average molecular weight is 316 g/mol. The van der Waals surface area contributed by atoms with Crippen molar-refractivity contribution in [1.82, 2.24) is 5.32 Å². The van der Waals surface area contributed by atoms with Gasteiger partial charge in [-0.05, 0) is 52.5 Å². The summed E-state index contributed by atoms with van der Waals surface area (Å²) in [5, 5.41) is 3.51. The van der Waals surface area contributed by atoms with Gasteiger partial charge in [0, 0.05) is 6.04 Å². The summed E-state index contributed by atoms with van der Waals surface area (Å²) in [7, 11) is 0. The molecule has 1 rings (SSSR count). The molecule has 0 heterocycles. The van der Waals surface area contributed by atoms with Crippen molar-refractivity contribution in [3.8, 4) is 0 Å². The predicted molar refractivity (Wildman–Crippen MR) is 79.2 cm³/mol. The molecule has 0 fully saturated rings. The van der Waals surface area contributed by atoms with E-state index in [0.29, 0.717) is 16.4 Å². The predicted octanol–water partition coefficient (Wildman–Crippen LogP) is 5.07. The first kappa shape index (κ1) is 15.6. The Kier molecular flexibility index (Phi) is 6.87. The highest BCUT2D eigenvalue weighted by atomic mass is 79.9. The van der Waals surface area contributed by atoms with E-state index in [0.717, 1.165) is 12.1 Å². The van der Waals surface area contributed by atoms with E-state index in [4.69, 9.17) is 0 Å². The quantitative estimate of drug-likeness (QED) is 0.741. The Hall–Kier alpha value is -0.410. The van der Waals surface area contributed by atoms with E-state index in [1.165, 1.54) is 25.3 Å². The van der Waals surface area contributed by atoms with E-state index >= 15 is 0 Å². The van der Waals surface area contributed by atoms with Gasteiger partial charge in [0.25, 0.3) is 0 Å². The molecule has 2 unspecified atom stereocenters. The normalized spacial score (nSPS) is 14.5. The Morgan fingerprint density at radius 3 is 2.61 bits per heavy atom. The van der Waals surface area contributed by atoms with Gasteiger partial charge in [-0.25, -0.2) is 4.39 Å². The van der Waals surface area contributed by atoms with Crippen molar-refractivity contribution in [3.63, 3.8) is 0 Å². The topological polar surface area (TPSA) is 12.0 Å². The van der Waals surface area contributed by atoms with Gasteiger partial charge in [-0.1, -0.05) is 39.7 Å². The number of unbranched alkanes of at least 4 members (excludes halogenated alkanes) is 1. The standard InChI is InChI=1S/C15H23BrFN/c1-4-6-7-11(3)15(18-5-2)12-8-9-14(17)13(16)10-12/h8-11,15,18H,4-7H2,1-3H3. The van der Waals surface area contributed by atoms with E-state index in [9.17, 15) is 4.39 Å². The van der Waals surface area contributed by atoms with E-state index in [1.54, 1.807) is 0 Å². The number of hydrogen-bond acceptors (Lipinski definition) is 1. The molecule has 102 valence electrons. The number of nitrogens with one attached hydrogen (secondary N) is 1. The second-order valence-electron chi connectivity index (χ2n) is 4.83. The van der Waals surface area contributed by atoms with Crippen molar-refractivity contribution < 1.29 is 4.39 Å². The van der Waals surface area contributed by atoms with Gasteiger partial charge in [0.2, 0.25) is 0 Å². The van der Waals surface area contributed by atoms with Crippen molar-refractivity contribution in [1.29, 1.82) is 0 Å². The van der Waals surface area contributed by atoms with Crippen LogP contribution in [0, 0.1) is 11.7 Å². The lowest BCUT2D eigenvalue weighted by molar-refractivity contribution is 0.362. The van der Waals surface area contributed by atoms with Crippen molar-refractivity contribution in [2.75, 3.05) is 6.54 Å². The summed E-state index contributed by atoms with van der Waals surface area (Å²) < 4.78 is 13.8. The highest BCUT2D eigenvalue weighted by Crippen LogP contribution is 2.28. The molecule has 1 aromatic carbocycles. The van der Waals surface area contributed by atoms with Gasteiger partial charge in [0.05, 0.1) is 4.47 Å². The lowest BCUT2D eigenvalue weighted by atomic mass is 9.90. The fourth-order valence-corrected chi connectivity index (χ4v) is 2.66. The van der Waals surface area contributed by atoms with Gasteiger partial charge in [-0.15, -0.1) is 0 Å². The molecule has 0 aromatic heterocycles. The number of rotatable bonds is 7. The van der Waals surface area contributed by atoms with Crippen LogP contribution in [-0.2, 0) is 0 Å². The van der Waals surface area contributed by atoms with E-state index in [-0.39, 0.29) is 5.82 Å². The number of halogens is 2. The van der Waals surface area contributed by atoms with Crippen LogP contribution in [0.2, 0.25) is 0 Å². The molecule has 1 N–H and O–H groups in total. The smallest absolute Gasteiger partial charge is 0.137 e. The third-order valence-electron chi connectivity index (χ3n) is 3.31. The minimum absolute atomic E-state index is 0.199. The Morgan fingerprint density at radius 1 is 1.33 bits per heavy atom. The van der Waals surface area contributed by atoms with Gasteiger partial charge in [-0.2, -0.15) is 0 Å². The highest BCUT2D eigenvalue weighted by molar-refractivity contribution is 9.10. The molecule has 0 amide bonds. The molecule has 0 radical (unpaired) electrons. The summed E-state index contributed by atoms with van der Waals surface area (Å²) in [6, 6.07) is 5.62. The number of benzene rings is 1. The summed E-state index contributed by atoms with van der Waals surface area (Å²) >= 11 is 3.26. The number of hydrogen-bond donors (Lipinski definition) is 1. The summed E-state index contributed by atoms with van der Waals surface area (Å²) in [5.74, 6) is 0.359. The second kappa shape index (κ2) is 7.90. The Morgan fingerprint density at radius 2 is 2.06 bits per heavy atom. The van der Waals surface area contributed by atoms with Crippen LogP contribution in [0.5, 0.6) is 0 Å². The van der Waals surface area contributed by atoms with Crippen LogP contribution in [0.1, 0.15) is 51.6 Å². The molecule has 0 saturated carbocycles. The van der Waals surface area contributed by atoms with Crippen LogP contribution < -0.4 is 5.32 Å². The van der Waals surface area contributed by atoms with Crippen molar-refractivity contribution >= 4 is 15.9 Å². The van der Waals surface area contributed by atoms with Gasteiger partial charge in [0.15, 0.2) is 0 Å². The molecule has 0 aliphatic heterocycles. The first-order chi connectivity index (χ1) is 8.60. The van der Waals surface area contributed by atoms with Crippen molar-refractivity contribution in [3.05, 3.63) is 34.1 Å². The molecule has 0 spiro atoms. The lowest BCUT2D eigenvalue weighted by Crippen LogP contribution is -2.27. The first-order valence-electron chi connectivity index (χ1n) is 6.78. The summed E-state index contributed by atoms with van der Waals surface area (Å²) in [4.78, 5) is 0. The molecule has 0 saturated heterocycles. The van der Waals surface area contributed by atoms with Crippen molar-refractivity contribution in [2.45, 2.75) is 46.1 Å². The summed E-state index contributed by atoms with van der Waals surface area (Å²) in [5.41, 5.74) is 1.16. The van der Waals surface area contributed by atoms with E-state index < -0.39 is 0 Å². The minimum Gasteiger partial charge on any atom is -0.310 e. The molecule has 18 heavy (non-hydrogen) atoms. The fraction of sp³-hybridized carbons (Fsp3) is 0.600. The fourth-order valence-electron chi connectivity index (χ4n) is 2.27. The van der Waals surface area contributed by atoms with Crippen LogP contribution in [0.4, 0.5) is 4.39 Å². The monoisotopic (exact) mass is 315 g/mol. The maximum absolute atomic E-state index is 13.3. The molecule has 0 bridgehead atoms. The zero-order chi connectivity index (χ0) is 13.5. The van der Waals surface area contributed by atoms with Crippen LogP contribution in [0.25, 0.3) is 0 Å². The third kappa shape index (κ3) is 4.36. The van der Waals surface area contributed by atoms with Gasteiger partial charge in [0.1, 0.15) is 5.82 Å². The molecule has 3 heteroatoms. The molecule has 1 aromatic rings. The zero-order valence-electron chi connectivity index (χ0n) is 11.5. The summed E-state index contributed by atoms with van der Waals surface area (Å²) in [6.07, 6.45) is 3.66. The lowest BCUT2D eigenvalue weighted by Gasteiger charge is -2.25. The van der Waals surface area contributed by atoms with E-state index in [1.807, 2.05) is 12.1 Å². The maximum Gasteiger partial charge on any atom is 0.137 e. The maximum atomic E-state index is 13.3. The molecular weight excluding hydrogens is 293 g/mol. The highest BCUT2D eigenvalue weighted by Gasteiger charge is 2.18. The Balaban J connectivity index is 2.85. The Bertz CT molecular complexity index is 368. The van der Waals surface area contributed by atoms with Crippen LogP contribution in [-0.4, -0.2) is 6.54 Å². The van der Waals surface area contributed by atoms with Crippen LogP contribution in [0.3, 0.4) is 0 Å². The Labute approximate surface area is 118 Å². The molecule has 0 aliphatic carbocycles. The SMILES string of the molecule is CCCCC(C)C(NCC)c1ccc(F)c(Br)c1. The van der Waals surface area contributed by atoms with Gasteiger partial charge >= 0.3 is 0 Å². The largest absolute Gasteiger partial charge is 0.310 e. The summed E-state index contributed by atoms with van der Waals surface area (Å²) in [6.45, 7) is 7.51. The third-order valence-corrected chi connectivity index (χ3v) is 3.92. The first-order valence-corrected chi connectivity index (χ1v) is 7.57. The molecular formula is C15H23BrFN. The molecule has 0 aliphatic rings. The van der Waals surface area contributed by atoms with Gasteiger partial charge < -0.3 is 5.32 Å². The van der Waals surface area contributed by atoms with E-state index in [2.05, 4.69) is 42.0 Å². The molecule has 1 nitrogen and oxygen atoms in total. The van der Waals surface area contributed by atoms with Crippen molar-refractivity contribution in [2.24, 2.45) is 5.92 Å². The van der Waals surface area contributed by atoms with Gasteiger partial charge in [-0.3, -0.25) is 0 Å².